The van der Waals surface area contributed by atoms with E-state index in [9.17, 15) is 18.0 Å². The molecule has 1 aromatic rings. The van der Waals surface area contributed by atoms with E-state index in [1.165, 1.54) is 12.1 Å². The molecule has 0 aromatic heterocycles. The van der Waals surface area contributed by atoms with Crippen LogP contribution in [0.25, 0.3) is 0 Å². The van der Waals surface area contributed by atoms with Crippen LogP contribution < -0.4 is 11.1 Å². The van der Waals surface area contributed by atoms with E-state index in [1.54, 1.807) is 0 Å². The first kappa shape index (κ1) is 17.5. The van der Waals surface area contributed by atoms with Crippen molar-refractivity contribution in [3.8, 4) is 0 Å². The Morgan fingerprint density at radius 3 is 2.62 bits per heavy atom. The molecule has 1 unspecified atom stereocenters. The summed E-state index contributed by atoms with van der Waals surface area (Å²) in [5, 5.41) is 2.51. The summed E-state index contributed by atoms with van der Waals surface area (Å²) in [6.07, 6.45) is -1.64. The van der Waals surface area contributed by atoms with Crippen LogP contribution in [0.5, 0.6) is 0 Å². The Kier molecular flexibility index (Phi) is 6.68. The van der Waals surface area contributed by atoms with Crippen molar-refractivity contribution in [1.29, 1.82) is 0 Å². The quantitative estimate of drug-likeness (QED) is 0.805. The fourth-order valence-electron chi connectivity index (χ4n) is 2.12. The second kappa shape index (κ2) is 8.02. The number of benzene rings is 1. The van der Waals surface area contributed by atoms with E-state index in [4.69, 9.17) is 5.73 Å². The fourth-order valence-corrected chi connectivity index (χ4v) is 2.12. The van der Waals surface area contributed by atoms with Crippen molar-refractivity contribution in [3.63, 3.8) is 0 Å². The van der Waals surface area contributed by atoms with Crippen LogP contribution in [0.2, 0.25) is 0 Å². The number of carbonyl (C=O) groups excluding carboxylic acids is 1. The normalized spacial score (nSPS) is 13.0. The Balaban J connectivity index is 2.55. The molecule has 1 aromatic carbocycles. The van der Waals surface area contributed by atoms with Crippen molar-refractivity contribution in [2.75, 3.05) is 11.9 Å². The molecule has 0 fully saturated rings. The molecule has 0 saturated carbocycles. The van der Waals surface area contributed by atoms with E-state index in [-0.39, 0.29) is 18.0 Å². The molecular formula is C15H21F3N2O. The third-order valence-corrected chi connectivity index (χ3v) is 3.41. The van der Waals surface area contributed by atoms with Gasteiger partial charge in [-0.05, 0) is 43.5 Å². The van der Waals surface area contributed by atoms with E-state index in [0.717, 1.165) is 25.0 Å². The highest BCUT2D eigenvalue weighted by molar-refractivity contribution is 5.90. The molecule has 1 atom stereocenters. The molecule has 0 aliphatic carbocycles. The summed E-state index contributed by atoms with van der Waals surface area (Å²) in [6.45, 7) is 2.61. The van der Waals surface area contributed by atoms with Gasteiger partial charge in [-0.25, -0.2) is 0 Å². The summed E-state index contributed by atoms with van der Waals surface area (Å²) in [5.41, 5.74) is 4.88. The van der Waals surface area contributed by atoms with Gasteiger partial charge < -0.3 is 11.1 Å². The minimum atomic E-state index is -4.41. The third-order valence-electron chi connectivity index (χ3n) is 3.41. The SMILES string of the molecule is CCC(CCN)CCC(=O)Nc1cccc(C(F)(F)F)c1. The van der Waals surface area contributed by atoms with Gasteiger partial charge in [0.1, 0.15) is 0 Å². The smallest absolute Gasteiger partial charge is 0.330 e. The first-order valence-electron chi connectivity index (χ1n) is 7.04. The van der Waals surface area contributed by atoms with Gasteiger partial charge in [0, 0.05) is 12.1 Å². The molecule has 3 nitrogen and oxygen atoms in total. The summed E-state index contributed by atoms with van der Waals surface area (Å²) in [7, 11) is 0. The first-order valence-corrected chi connectivity index (χ1v) is 7.04. The molecule has 1 amide bonds. The molecule has 0 spiro atoms. The zero-order chi connectivity index (χ0) is 15.9. The summed E-state index contributed by atoms with van der Waals surface area (Å²) in [5.74, 6) is 0.104. The zero-order valence-electron chi connectivity index (χ0n) is 12.0. The van der Waals surface area contributed by atoms with Crippen LogP contribution in [0.1, 0.15) is 38.2 Å². The molecule has 0 aliphatic rings. The van der Waals surface area contributed by atoms with E-state index >= 15 is 0 Å². The number of nitrogens with one attached hydrogen (secondary N) is 1. The lowest BCUT2D eigenvalue weighted by atomic mass is 9.96. The Bertz CT molecular complexity index is 460. The van der Waals surface area contributed by atoms with Gasteiger partial charge in [-0.2, -0.15) is 13.2 Å². The Morgan fingerprint density at radius 1 is 1.33 bits per heavy atom. The fraction of sp³-hybridized carbons (Fsp3) is 0.533. The van der Waals surface area contributed by atoms with Crippen molar-refractivity contribution in [2.45, 2.75) is 38.8 Å². The van der Waals surface area contributed by atoms with E-state index < -0.39 is 11.7 Å². The molecule has 6 heteroatoms. The molecule has 0 heterocycles. The number of halogens is 3. The highest BCUT2D eigenvalue weighted by Crippen LogP contribution is 2.30. The monoisotopic (exact) mass is 302 g/mol. The number of anilines is 1. The average molecular weight is 302 g/mol. The summed E-state index contributed by atoms with van der Waals surface area (Å²) >= 11 is 0. The second-order valence-electron chi connectivity index (χ2n) is 5.02. The van der Waals surface area contributed by atoms with Crippen LogP contribution in [-0.4, -0.2) is 12.5 Å². The van der Waals surface area contributed by atoms with Gasteiger partial charge >= 0.3 is 6.18 Å². The maximum Gasteiger partial charge on any atom is 0.416 e. The van der Waals surface area contributed by atoms with Gasteiger partial charge in [0.05, 0.1) is 5.56 Å². The minimum Gasteiger partial charge on any atom is -0.330 e. The van der Waals surface area contributed by atoms with E-state index in [1.807, 2.05) is 6.92 Å². The van der Waals surface area contributed by atoms with Crippen molar-refractivity contribution in [3.05, 3.63) is 29.8 Å². The zero-order valence-corrected chi connectivity index (χ0v) is 12.0. The van der Waals surface area contributed by atoms with Crippen molar-refractivity contribution < 1.29 is 18.0 Å². The van der Waals surface area contributed by atoms with Crippen LogP contribution >= 0.6 is 0 Å². The van der Waals surface area contributed by atoms with Gasteiger partial charge in [-0.3, -0.25) is 4.79 Å². The van der Waals surface area contributed by atoms with Crippen LogP contribution in [0.3, 0.4) is 0 Å². The van der Waals surface area contributed by atoms with Crippen molar-refractivity contribution in [2.24, 2.45) is 11.7 Å². The van der Waals surface area contributed by atoms with E-state index in [2.05, 4.69) is 5.32 Å². The molecule has 21 heavy (non-hydrogen) atoms. The van der Waals surface area contributed by atoms with Gasteiger partial charge in [0.25, 0.3) is 0 Å². The number of hydrogen-bond acceptors (Lipinski definition) is 2. The van der Waals surface area contributed by atoms with Crippen LogP contribution in [0.4, 0.5) is 18.9 Å². The lowest BCUT2D eigenvalue weighted by molar-refractivity contribution is -0.137. The Morgan fingerprint density at radius 2 is 2.05 bits per heavy atom. The Labute approximate surface area is 122 Å². The second-order valence-corrected chi connectivity index (χ2v) is 5.02. The summed E-state index contributed by atoms with van der Waals surface area (Å²) < 4.78 is 37.7. The predicted octanol–water partition coefficient (Wildman–Crippen LogP) is 3.80. The molecule has 0 saturated heterocycles. The minimum absolute atomic E-state index is 0.168. The lowest BCUT2D eigenvalue weighted by Crippen LogP contribution is -2.15. The van der Waals surface area contributed by atoms with Gasteiger partial charge in [0.2, 0.25) is 5.91 Å². The predicted molar refractivity (Wildman–Crippen MR) is 76.8 cm³/mol. The molecular weight excluding hydrogens is 281 g/mol. The number of carbonyl (C=O) groups is 1. The topological polar surface area (TPSA) is 55.1 Å². The number of alkyl halides is 3. The molecule has 0 bridgehead atoms. The molecule has 0 aliphatic heterocycles. The largest absolute Gasteiger partial charge is 0.416 e. The van der Waals surface area contributed by atoms with Crippen LogP contribution in [-0.2, 0) is 11.0 Å². The van der Waals surface area contributed by atoms with E-state index in [0.29, 0.717) is 18.9 Å². The van der Waals surface area contributed by atoms with Gasteiger partial charge in [-0.1, -0.05) is 19.4 Å². The highest BCUT2D eigenvalue weighted by Gasteiger charge is 2.30. The molecule has 118 valence electrons. The van der Waals surface area contributed by atoms with Crippen molar-refractivity contribution in [1.82, 2.24) is 0 Å². The Hall–Kier alpha value is -1.56. The third kappa shape index (κ3) is 6.16. The lowest BCUT2D eigenvalue weighted by Gasteiger charge is -2.13. The number of amides is 1. The van der Waals surface area contributed by atoms with Gasteiger partial charge in [0.15, 0.2) is 0 Å². The standard InChI is InChI=1S/C15H21F3N2O/c1-2-11(8-9-19)6-7-14(21)20-13-5-3-4-12(10-13)15(16,17)18/h3-5,10-11H,2,6-9,19H2,1H3,(H,20,21). The van der Waals surface area contributed by atoms with Gasteiger partial charge in [-0.15, -0.1) is 0 Å². The number of rotatable bonds is 7. The van der Waals surface area contributed by atoms with Crippen molar-refractivity contribution >= 4 is 11.6 Å². The average Bonchev–Trinajstić information content (AvgIpc) is 2.42. The summed E-state index contributed by atoms with van der Waals surface area (Å²) in [4.78, 5) is 11.8. The molecule has 0 radical (unpaired) electrons. The van der Waals surface area contributed by atoms with Crippen LogP contribution in [0.15, 0.2) is 24.3 Å². The molecule has 3 N–H and O–H groups in total. The highest BCUT2D eigenvalue weighted by atomic mass is 19.4. The number of hydrogen-bond donors (Lipinski definition) is 2. The maximum absolute atomic E-state index is 12.6. The summed E-state index contributed by atoms with van der Waals surface area (Å²) in [6, 6.07) is 4.64. The number of nitrogens with two attached hydrogens (primary N) is 1. The maximum atomic E-state index is 12.6. The molecule has 1 rings (SSSR count). The van der Waals surface area contributed by atoms with Crippen LogP contribution in [0, 0.1) is 5.92 Å². The first-order chi connectivity index (χ1) is 9.86.